The molecule has 2 rings (SSSR count). The first-order valence-electron chi connectivity index (χ1n) is 7.08. The Hall–Kier alpha value is 0.140. The van der Waals surface area contributed by atoms with Gasteiger partial charge in [0.1, 0.15) is 0 Å². The zero-order valence-corrected chi connectivity index (χ0v) is 15.1. The molecule has 1 aliphatic rings. The van der Waals surface area contributed by atoms with Crippen molar-refractivity contribution in [1.29, 1.82) is 0 Å². The zero-order valence-electron chi connectivity index (χ0n) is 12.0. The Bertz CT molecular complexity index is 442. The van der Waals surface area contributed by atoms with Gasteiger partial charge in [0.2, 0.25) is 0 Å². The summed E-state index contributed by atoms with van der Waals surface area (Å²) in [6.45, 7) is 4.85. The number of hydrogen-bond donors (Lipinski definition) is 1. The Morgan fingerprint density at radius 2 is 2.00 bits per heavy atom. The summed E-state index contributed by atoms with van der Waals surface area (Å²) in [7, 11) is 2.09. The van der Waals surface area contributed by atoms with E-state index in [1.54, 1.807) is 0 Å². The van der Waals surface area contributed by atoms with Crippen LogP contribution in [0.5, 0.6) is 0 Å². The van der Waals surface area contributed by atoms with Gasteiger partial charge in [0.25, 0.3) is 0 Å². The molecule has 0 aromatic heterocycles. The van der Waals surface area contributed by atoms with Gasteiger partial charge in [-0.3, -0.25) is 0 Å². The molecule has 1 N–H and O–H groups in total. The minimum atomic E-state index is 0.410. The van der Waals surface area contributed by atoms with Crippen molar-refractivity contribution in [1.82, 2.24) is 5.32 Å². The lowest BCUT2D eigenvalue weighted by atomic mass is 9.65. The van der Waals surface area contributed by atoms with Crippen molar-refractivity contribution < 1.29 is 0 Å². The van der Waals surface area contributed by atoms with Crippen LogP contribution in [-0.2, 0) is 0 Å². The first kappa shape index (κ1) is 15.5. The second-order valence-electron chi connectivity index (χ2n) is 6.27. The SMILES string of the molecule is CNC(c1cc(Br)ccc1Br)C1CCCCC1(C)C. The van der Waals surface area contributed by atoms with Crippen molar-refractivity contribution in [3.05, 3.63) is 32.7 Å². The second-order valence-corrected chi connectivity index (χ2v) is 8.04. The maximum absolute atomic E-state index is 3.72. The first-order valence-corrected chi connectivity index (χ1v) is 8.66. The number of hydrogen-bond acceptors (Lipinski definition) is 1. The fourth-order valence-electron chi connectivity index (χ4n) is 3.47. The molecule has 1 saturated carbocycles. The predicted octanol–water partition coefficient (Wildman–Crippen LogP) is 5.69. The highest BCUT2D eigenvalue weighted by Gasteiger charge is 2.38. The van der Waals surface area contributed by atoms with Gasteiger partial charge < -0.3 is 5.32 Å². The summed E-state index contributed by atoms with van der Waals surface area (Å²) in [4.78, 5) is 0. The molecule has 1 aromatic carbocycles. The van der Waals surface area contributed by atoms with Crippen molar-refractivity contribution in [3.8, 4) is 0 Å². The van der Waals surface area contributed by atoms with Crippen LogP contribution in [0.2, 0.25) is 0 Å². The Kier molecular flexibility index (Phi) is 5.13. The molecule has 0 spiro atoms. The van der Waals surface area contributed by atoms with E-state index < -0.39 is 0 Å². The highest BCUT2D eigenvalue weighted by molar-refractivity contribution is 9.11. The lowest BCUT2D eigenvalue weighted by Crippen LogP contribution is -2.38. The monoisotopic (exact) mass is 387 g/mol. The molecule has 2 unspecified atom stereocenters. The number of benzene rings is 1. The van der Waals surface area contributed by atoms with Gasteiger partial charge in [0.15, 0.2) is 0 Å². The van der Waals surface area contributed by atoms with Crippen LogP contribution in [0.3, 0.4) is 0 Å². The van der Waals surface area contributed by atoms with E-state index >= 15 is 0 Å². The topological polar surface area (TPSA) is 12.0 Å². The van der Waals surface area contributed by atoms with Crippen LogP contribution in [-0.4, -0.2) is 7.05 Å². The Labute approximate surface area is 133 Å². The molecule has 1 fully saturated rings. The molecule has 1 aromatic rings. The van der Waals surface area contributed by atoms with Gasteiger partial charge in [0, 0.05) is 15.0 Å². The van der Waals surface area contributed by atoms with E-state index in [1.807, 2.05) is 0 Å². The number of nitrogens with one attached hydrogen (secondary N) is 1. The van der Waals surface area contributed by atoms with E-state index in [4.69, 9.17) is 0 Å². The summed E-state index contributed by atoms with van der Waals surface area (Å²) in [5, 5.41) is 3.56. The molecular formula is C16H23Br2N. The number of rotatable bonds is 3. The van der Waals surface area contributed by atoms with Crippen molar-refractivity contribution in [2.45, 2.75) is 45.6 Å². The lowest BCUT2D eigenvalue weighted by molar-refractivity contribution is 0.101. The minimum absolute atomic E-state index is 0.410. The van der Waals surface area contributed by atoms with Crippen LogP contribution in [0, 0.1) is 11.3 Å². The molecule has 0 radical (unpaired) electrons. The molecular weight excluding hydrogens is 366 g/mol. The Balaban J connectivity index is 2.35. The lowest BCUT2D eigenvalue weighted by Gasteiger charge is -2.43. The zero-order chi connectivity index (χ0) is 14.0. The van der Waals surface area contributed by atoms with Crippen molar-refractivity contribution in [3.63, 3.8) is 0 Å². The van der Waals surface area contributed by atoms with E-state index in [2.05, 4.69) is 76.3 Å². The highest BCUT2D eigenvalue weighted by atomic mass is 79.9. The fraction of sp³-hybridized carbons (Fsp3) is 0.625. The smallest absolute Gasteiger partial charge is 0.0362 e. The van der Waals surface area contributed by atoms with E-state index in [9.17, 15) is 0 Å². The molecule has 1 nitrogen and oxygen atoms in total. The van der Waals surface area contributed by atoms with Crippen LogP contribution in [0.1, 0.15) is 51.1 Å². The van der Waals surface area contributed by atoms with E-state index in [-0.39, 0.29) is 0 Å². The van der Waals surface area contributed by atoms with Crippen molar-refractivity contribution in [2.75, 3.05) is 7.05 Å². The summed E-state index contributed by atoms with van der Waals surface area (Å²) < 4.78 is 2.36. The third-order valence-corrected chi connectivity index (χ3v) is 5.81. The second kappa shape index (κ2) is 6.28. The molecule has 2 atom stereocenters. The molecule has 3 heteroatoms. The fourth-order valence-corrected chi connectivity index (χ4v) is 4.34. The van der Waals surface area contributed by atoms with Gasteiger partial charge in [-0.15, -0.1) is 0 Å². The van der Waals surface area contributed by atoms with Crippen molar-refractivity contribution in [2.24, 2.45) is 11.3 Å². The van der Waals surface area contributed by atoms with Gasteiger partial charge in [-0.1, -0.05) is 58.5 Å². The first-order chi connectivity index (χ1) is 8.95. The number of halogens is 2. The largest absolute Gasteiger partial charge is 0.313 e. The van der Waals surface area contributed by atoms with E-state index in [0.717, 1.165) is 4.47 Å². The average molecular weight is 389 g/mol. The van der Waals surface area contributed by atoms with Crippen molar-refractivity contribution >= 4 is 31.9 Å². The predicted molar refractivity (Wildman–Crippen MR) is 89.4 cm³/mol. The Morgan fingerprint density at radius 1 is 1.26 bits per heavy atom. The summed E-state index contributed by atoms with van der Waals surface area (Å²) >= 11 is 7.31. The Morgan fingerprint density at radius 3 is 2.63 bits per heavy atom. The average Bonchev–Trinajstić information content (AvgIpc) is 2.36. The normalized spacial score (nSPS) is 24.2. The van der Waals surface area contributed by atoms with Crippen LogP contribution in [0.15, 0.2) is 27.1 Å². The molecule has 19 heavy (non-hydrogen) atoms. The molecule has 0 aliphatic heterocycles. The summed E-state index contributed by atoms with van der Waals surface area (Å²) in [5.41, 5.74) is 1.78. The summed E-state index contributed by atoms with van der Waals surface area (Å²) in [6.07, 6.45) is 5.39. The van der Waals surface area contributed by atoms with Gasteiger partial charge in [-0.2, -0.15) is 0 Å². The molecule has 0 heterocycles. The van der Waals surface area contributed by atoms with Crippen LogP contribution in [0.25, 0.3) is 0 Å². The standard InChI is InChI=1S/C16H23Br2N/c1-16(2)9-5-4-6-13(16)15(19-3)12-10-11(17)7-8-14(12)18/h7-8,10,13,15,19H,4-6,9H2,1-3H3. The molecule has 106 valence electrons. The molecule has 0 bridgehead atoms. The maximum atomic E-state index is 3.72. The summed E-state index contributed by atoms with van der Waals surface area (Å²) in [5.74, 6) is 0.692. The van der Waals surface area contributed by atoms with Gasteiger partial charge in [0.05, 0.1) is 0 Å². The molecule has 0 amide bonds. The summed E-state index contributed by atoms with van der Waals surface area (Å²) in [6, 6.07) is 6.89. The third-order valence-electron chi connectivity index (χ3n) is 4.60. The quantitative estimate of drug-likeness (QED) is 0.701. The molecule has 0 saturated heterocycles. The van der Waals surface area contributed by atoms with Crippen LogP contribution in [0.4, 0.5) is 0 Å². The van der Waals surface area contributed by atoms with Crippen LogP contribution < -0.4 is 5.32 Å². The highest BCUT2D eigenvalue weighted by Crippen LogP contribution is 2.47. The third kappa shape index (κ3) is 3.43. The van der Waals surface area contributed by atoms with E-state index in [0.29, 0.717) is 17.4 Å². The minimum Gasteiger partial charge on any atom is -0.313 e. The molecule has 1 aliphatic carbocycles. The van der Waals surface area contributed by atoms with Gasteiger partial charge in [-0.05, 0) is 55.0 Å². The van der Waals surface area contributed by atoms with Gasteiger partial charge in [-0.25, -0.2) is 0 Å². The van der Waals surface area contributed by atoms with Gasteiger partial charge >= 0.3 is 0 Å². The van der Waals surface area contributed by atoms with E-state index in [1.165, 1.54) is 35.7 Å². The van der Waals surface area contributed by atoms with Crippen LogP contribution >= 0.6 is 31.9 Å². The maximum Gasteiger partial charge on any atom is 0.0362 e.